The average Bonchev–Trinajstić information content (AvgIpc) is 2.75. The minimum atomic E-state index is -0.988. The SMILES string of the molecule is Cc1nsc(NC(=O)C2(C#N)CCOCC2)n1. The van der Waals surface area contributed by atoms with Crippen molar-refractivity contribution in [2.45, 2.75) is 19.8 Å². The Morgan fingerprint density at radius 1 is 1.59 bits per heavy atom. The molecule has 0 radical (unpaired) electrons. The predicted octanol–water partition coefficient (Wildman–Crippen LogP) is 1.11. The number of nitriles is 1. The molecule has 1 saturated heterocycles. The Kier molecular flexibility index (Phi) is 3.36. The highest BCUT2D eigenvalue weighted by atomic mass is 32.1. The van der Waals surface area contributed by atoms with Crippen LogP contribution in [0.25, 0.3) is 0 Å². The number of nitrogens with zero attached hydrogens (tertiary/aromatic N) is 3. The molecule has 0 saturated carbocycles. The van der Waals surface area contributed by atoms with Gasteiger partial charge in [-0.3, -0.25) is 10.1 Å². The van der Waals surface area contributed by atoms with E-state index >= 15 is 0 Å². The van der Waals surface area contributed by atoms with E-state index in [9.17, 15) is 10.1 Å². The lowest BCUT2D eigenvalue weighted by Gasteiger charge is -2.28. The highest BCUT2D eigenvalue weighted by Crippen LogP contribution is 2.31. The van der Waals surface area contributed by atoms with Gasteiger partial charge in [0.05, 0.1) is 6.07 Å². The third-order valence-corrected chi connectivity index (χ3v) is 3.46. The summed E-state index contributed by atoms with van der Waals surface area (Å²) in [6.45, 7) is 2.63. The van der Waals surface area contributed by atoms with Gasteiger partial charge in [-0.25, -0.2) is 4.98 Å². The fourth-order valence-electron chi connectivity index (χ4n) is 1.67. The minimum Gasteiger partial charge on any atom is -0.381 e. The summed E-state index contributed by atoms with van der Waals surface area (Å²) < 4.78 is 9.15. The first-order valence-corrected chi connectivity index (χ1v) is 6.04. The maximum absolute atomic E-state index is 12.1. The van der Waals surface area contributed by atoms with Crippen LogP contribution in [-0.2, 0) is 9.53 Å². The summed E-state index contributed by atoms with van der Waals surface area (Å²) in [6, 6.07) is 2.11. The van der Waals surface area contributed by atoms with Gasteiger partial charge < -0.3 is 4.74 Å². The molecule has 7 heteroatoms. The van der Waals surface area contributed by atoms with E-state index < -0.39 is 5.41 Å². The first kappa shape index (κ1) is 12.0. The topological polar surface area (TPSA) is 87.9 Å². The molecule has 1 aromatic heterocycles. The van der Waals surface area contributed by atoms with Crippen LogP contribution in [0.2, 0.25) is 0 Å². The van der Waals surface area contributed by atoms with E-state index in [0.29, 0.717) is 37.0 Å². The number of rotatable bonds is 2. The fraction of sp³-hybridized carbons (Fsp3) is 0.600. The number of aromatic nitrogens is 2. The molecule has 6 nitrogen and oxygen atoms in total. The molecule has 0 unspecified atom stereocenters. The molecule has 0 bridgehead atoms. The first-order valence-electron chi connectivity index (χ1n) is 5.27. The molecular formula is C10H12N4O2S. The van der Waals surface area contributed by atoms with Crippen molar-refractivity contribution in [2.75, 3.05) is 18.5 Å². The number of ether oxygens (including phenoxy) is 1. The Bertz CT molecular complexity index is 459. The van der Waals surface area contributed by atoms with Crippen LogP contribution in [0, 0.1) is 23.7 Å². The van der Waals surface area contributed by atoms with Gasteiger partial charge in [-0.05, 0) is 19.8 Å². The summed E-state index contributed by atoms with van der Waals surface area (Å²) >= 11 is 1.12. The highest BCUT2D eigenvalue weighted by Gasteiger charge is 2.40. The zero-order valence-corrected chi connectivity index (χ0v) is 10.2. The molecule has 0 spiro atoms. The second kappa shape index (κ2) is 4.77. The standard InChI is InChI=1S/C10H12N4O2S/c1-7-12-9(17-14-7)13-8(15)10(6-11)2-4-16-5-3-10/h2-5H2,1H3,(H,12,13,14,15). The second-order valence-corrected chi connectivity index (χ2v) is 4.66. The maximum atomic E-state index is 12.1. The zero-order valence-electron chi connectivity index (χ0n) is 9.39. The number of aryl methyl sites for hydroxylation is 1. The molecule has 1 aliphatic heterocycles. The fourth-order valence-corrected chi connectivity index (χ4v) is 2.24. The monoisotopic (exact) mass is 252 g/mol. The summed E-state index contributed by atoms with van der Waals surface area (Å²) in [6.07, 6.45) is 0.847. The van der Waals surface area contributed by atoms with Gasteiger partial charge in [0.15, 0.2) is 0 Å². The second-order valence-electron chi connectivity index (χ2n) is 3.91. The van der Waals surface area contributed by atoms with Crippen LogP contribution in [0.5, 0.6) is 0 Å². The molecular weight excluding hydrogens is 240 g/mol. The summed E-state index contributed by atoms with van der Waals surface area (Å²) in [5.74, 6) is 0.308. The van der Waals surface area contributed by atoms with E-state index in [4.69, 9.17) is 4.74 Å². The summed E-state index contributed by atoms with van der Waals surface area (Å²) in [5.41, 5.74) is -0.988. The van der Waals surface area contributed by atoms with Gasteiger partial charge >= 0.3 is 0 Å². The van der Waals surface area contributed by atoms with Gasteiger partial charge in [-0.2, -0.15) is 9.64 Å². The zero-order chi connectivity index (χ0) is 12.3. The van der Waals surface area contributed by atoms with E-state index in [0.717, 1.165) is 11.5 Å². The number of hydrogen-bond donors (Lipinski definition) is 1. The summed E-state index contributed by atoms with van der Waals surface area (Å²) in [5, 5.41) is 12.3. The lowest BCUT2D eigenvalue weighted by molar-refractivity contribution is -0.126. The predicted molar refractivity (Wildman–Crippen MR) is 61.4 cm³/mol. The maximum Gasteiger partial charge on any atom is 0.246 e. The molecule has 17 heavy (non-hydrogen) atoms. The number of amides is 1. The third kappa shape index (κ3) is 2.43. The van der Waals surface area contributed by atoms with Crippen molar-refractivity contribution in [1.29, 1.82) is 5.26 Å². The van der Waals surface area contributed by atoms with Crippen molar-refractivity contribution in [2.24, 2.45) is 5.41 Å². The van der Waals surface area contributed by atoms with Crippen LogP contribution in [0.3, 0.4) is 0 Å². The van der Waals surface area contributed by atoms with E-state index in [1.54, 1.807) is 6.92 Å². The Hall–Kier alpha value is -1.52. The van der Waals surface area contributed by atoms with Gasteiger partial charge in [-0.1, -0.05) is 0 Å². The molecule has 2 heterocycles. The molecule has 1 fully saturated rings. The molecule has 90 valence electrons. The quantitative estimate of drug-likeness (QED) is 0.851. The van der Waals surface area contributed by atoms with Gasteiger partial charge in [0.25, 0.3) is 0 Å². The van der Waals surface area contributed by atoms with Crippen LogP contribution in [0.4, 0.5) is 5.13 Å². The van der Waals surface area contributed by atoms with Crippen molar-refractivity contribution < 1.29 is 9.53 Å². The molecule has 1 amide bonds. The van der Waals surface area contributed by atoms with E-state index in [2.05, 4.69) is 20.7 Å². The van der Waals surface area contributed by atoms with Gasteiger partial charge in [0.1, 0.15) is 11.2 Å². The lowest BCUT2D eigenvalue weighted by Crippen LogP contribution is -2.39. The Morgan fingerprint density at radius 2 is 2.29 bits per heavy atom. The van der Waals surface area contributed by atoms with Gasteiger partial charge in [0, 0.05) is 24.7 Å². The van der Waals surface area contributed by atoms with E-state index in [1.807, 2.05) is 0 Å². The van der Waals surface area contributed by atoms with Crippen molar-refractivity contribution in [3.63, 3.8) is 0 Å². The number of nitrogens with one attached hydrogen (secondary N) is 1. The van der Waals surface area contributed by atoms with Crippen molar-refractivity contribution >= 4 is 22.6 Å². The number of carbonyl (C=O) groups excluding carboxylic acids is 1. The Morgan fingerprint density at radius 3 is 2.82 bits per heavy atom. The van der Waals surface area contributed by atoms with Crippen LogP contribution >= 0.6 is 11.5 Å². The smallest absolute Gasteiger partial charge is 0.246 e. The van der Waals surface area contributed by atoms with Crippen molar-refractivity contribution in [3.8, 4) is 6.07 Å². The molecule has 0 aliphatic carbocycles. The van der Waals surface area contributed by atoms with Gasteiger partial charge in [0.2, 0.25) is 11.0 Å². The van der Waals surface area contributed by atoms with E-state index in [-0.39, 0.29) is 5.91 Å². The van der Waals surface area contributed by atoms with Gasteiger partial charge in [-0.15, -0.1) is 0 Å². The highest BCUT2D eigenvalue weighted by molar-refractivity contribution is 7.09. The number of carbonyl (C=O) groups is 1. The largest absolute Gasteiger partial charge is 0.381 e. The third-order valence-electron chi connectivity index (χ3n) is 2.74. The normalized spacial score (nSPS) is 18.4. The van der Waals surface area contributed by atoms with Crippen LogP contribution in [0.1, 0.15) is 18.7 Å². The van der Waals surface area contributed by atoms with Crippen molar-refractivity contribution in [3.05, 3.63) is 5.82 Å². The molecule has 1 aromatic rings. The molecule has 1 aliphatic rings. The molecule has 2 rings (SSSR count). The number of hydrogen-bond acceptors (Lipinski definition) is 6. The van der Waals surface area contributed by atoms with E-state index in [1.165, 1.54) is 0 Å². The first-order chi connectivity index (χ1) is 8.16. The molecule has 0 atom stereocenters. The lowest BCUT2D eigenvalue weighted by atomic mass is 9.81. The van der Waals surface area contributed by atoms with Crippen molar-refractivity contribution in [1.82, 2.24) is 9.36 Å². The minimum absolute atomic E-state index is 0.306. The van der Waals surface area contributed by atoms with Crippen LogP contribution in [0.15, 0.2) is 0 Å². The van der Waals surface area contributed by atoms with Crippen LogP contribution in [-0.4, -0.2) is 28.5 Å². The summed E-state index contributed by atoms with van der Waals surface area (Å²) in [4.78, 5) is 16.1. The van der Waals surface area contributed by atoms with Crippen LogP contribution < -0.4 is 5.32 Å². The average molecular weight is 252 g/mol. The number of anilines is 1. The summed E-state index contributed by atoms with van der Waals surface area (Å²) in [7, 11) is 0. The Labute approximate surface area is 103 Å². The Balaban J connectivity index is 2.10. The molecule has 0 aromatic carbocycles. The molecule has 1 N–H and O–H groups in total.